The van der Waals surface area contributed by atoms with Gasteiger partial charge in [0.25, 0.3) is 0 Å². The molecule has 1 heterocycles. The van der Waals surface area contributed by atoms with Gasteiger partial charge in [-0.3, -0.25) is 14.5 Å². The van der Waals surface area contributed by atoms with Crippen molar-refractivity contribution in [2.45, 2.75) is 13.8 Å². The number of amides is 1. The average Bonchev–Trinajstić information content (AvgIpc) is 2.72. The smallest absolute Gasteiger partial charge is 0.309 e. The normalized spacial score (nSPS) is 12.3. The lowest BCUT2D eigenvalue weighted by molar-refractivity contribution is -0.145. The minimum absolute atomic E-state index is 0.160. The van der Waals surface area contributed by atoms with Crippen molar-refractivity contribution in [3.8, 4) is 0 Å². The molecule has 1 aromatic heterocycles. The molecule has 0 bridgehead atoms. The van der Waals surface area contributed by atoms with Crippen molar-refractivity contribution >= 4 is 17.7 Å². The number of aromatic nitrogens is 1. The van der Waals surface area contributed by atoms with E-state index in [1.807, 2.05) is 0 Å². The summed E-state index contributed by atoms with van der Waals surface area (Å²) in [7, 11) is 3.10. The standard InChI is InChI=1S/C12H19N3O4/c1-8(12(17)18-4)6-15(3)7-11(16)13-10-5-9(2)19-14-10/h5,8H,6-7H2,1-4H3,(H,13,14,16). The van der Waals surface area contributed by atoms with Gasteiger partial charge >= 0.3 is 5.97 Å². The zero-order valence-corrected chi connectivity index (χ0v) is 11.6. The first kappa shape index (κ1) is 15.2. The van der Waals surface area contributed by atoms with Gasteiger partial charge in [-0.25, -0.2) is 0 Å². The maximum atomic E-state index is 11.7. The van der Waals surface area contributed by atoms with E-state index in [-0.39, 0.29) is 24.3 Å². The zero-order valence-electron chi connectivity index (χ0n) is 11.6. The van der Waals surface area contributed by atoms with Crippen molar-refractivity contribution in [2.75, 3.05) is 32.6 Å². The van der Waals surface area contributed by atoms with E-state index in [0.29, 0.717) is 18.1 Å². The number of carbonyl (C=O) groups is 2. The van der Waals surface area contributed by atoms with Gasteiger partial charge in [0.2, 0.25) is 5.91 Å². The Morgan fingerprint density at radius 1 is 1.58 bits per heavy atom. The number of methoxy groups -OCH3 is 1. The summed E-state index contributed by atoms with van der Waals surface area (Å²) < 4.78 is 9.47. The summed E-state index contributed by atoms with van der Waals surface area (Å²) in [4.78, 5) is 24.7. The van der Waals surface area contributed by atoms with Crippen LogP contribution in [0, 0.1) is 12.8 Å². The molecule has 19 heavy (non-hydrogen) atoms. The summed E-state index contributed by atoms with van der Waals surface area (Å²) in [6, 6.07) is 1.63. The van der Waals surface area contributed by atoms with Crippen LogP contribution >= 0.6 is 0 Å². The topological polar surface area (TPSA) is 84.7 Å². The van der Waals surface area contributed by atoms with Crippen LogP contribution in [-0.4, -0.2) is 49.2 Å². The Labute approximate surface area is 111 Å². The lowest BCUT2D eigenvalue weighted by Crippen LogP contribution is -2.35. The molecule has 1 N–H and O–H groups in total. The third-order valence-electron chi connectivity index (χ3n) is 2.50. The number of likely N-dealkylation sites (N-methyl/N-ethyl adjacent to an activating group) is 1. The first-order chi connectivity index (χ1) is 8.92. The van der Waals surface area contributed by atoms with Crippen LogP contribution in [0.1, 0.15) is 12.7 Å². The summed E-state index contributed by atoms with van der Waals surface area (Å²) in [5.41, 5.74) is 0. The number of rotatable bonds is 6. The number of anilines is 1. The summed E-state index contributed by atoms with van der Waals surface area (Å²) in [6.07, 6.45) is 0. The fraction of sp³-hybridized carbons (Fsp3) is 0.583. The van der Waals surface area contributed by atoms with Gasteiger partial charge in [-0.05, 0) is 14.0 Å². The van der Waals surface area contributed by atoms with Gasteiger partial charge in [0, 0.05) is 12.6 Å². The molecule has 0 aliphatic heterocycles. The molecule has 0 aliphatic rings. The molecule has 7 heteroatoms. The van der Waals surface area contributed by atoms with Gasteiger partial charge < -0.3 is 14.6 Å². The molecule has 0 spiro atoms. The number of ether oxygens (including phenoxy) is 1. The molecule has 0 aliphatic carbocycles. The molecular weight excluding hydrogens is 250 g/mol. The molecule has 0 saturated carbocycles. The van der Waals surface area contributed by atoms with E-state index in [1.165, 1.54) is 7.11 Å². The molecule has 1 rings (SSSR count). The highest BCUT2D eigenvalue weighted by atomic mass is 16.5. The molecule has 0 saturated heterocycles. The van der Waals surface area contributed by atoms with Gasteiger partial charge in [-0.15, -0.1) is 0 Å². The number of hydrogen-bond acceptors (Lipinski definition) is 6. The van der Waals surface area contributed by atoms with E-state index >= 15 is 0 Å². The number of aryl methyl sites for hydroxylation is 1. The van der Waals surface area contributed by atoms with Crippen molar-refractivity contribution in [1.82, 2.24) is 10.1 Å². The van der Waals surface area contributed by atoms with Crippen molar-refractivity contribution in [3.05, 3.63) is 11.8 Å². The minimum Gasteiger partial charge on any atom is -0.469 e. The van der Waals surface area contributed by atoms with Gasteiger partial charge in [-0.2, -0.15) is 0 Å². The van der Waals surface area contributed by atoms with Crippen molar-refractivity contribution in [3.63, 3.8) is 0 Å². The number of esters is 1. The third-order valence-corrected chi connectivity index (χ3v) is 2.50. The second-order valence-electron chi connectivity index (χ2n) is 4.49. The lowest BCUT2D eigenvalue weighted by atomic mass is 10.2. The molecule has 0 fully saturated rings. The number of carbonyl (C=O) groups excluding carboxylic acids is 2. The Morgan fingerprint density at radius 3 is 2.79 bits per heavy atom. The quantitative estimate of drug-likeness (QED) is 0.764. The lowest BCUT2D eigenvalue weighted by Gasteiger charge is -2.18. The summed E-state index contributed by atoms with van der Waals surface area (Å²) in [5.74, 6) is 0.226. The largest absolute Gasteiger partial charge is 0.469 e. The van der Waals surface area contributed by atoms with Gasteiger partial charge in [0.15, 0.2) is 5.82 Å². The summed E-state index contributed by atoms with van der Waals surface area (Å²) in [6.45, 7) is 4.10. The SMILES string of the molecule is COC(=O)C(C)CN(C)CC(=O)Nc1cc(C)on1. The second kappa shape index (κ2) is 6.89. The number of nitrogens with one attached hydrogen (secondary N) is 1. The van der Waals surface area contributed by atoms with Gasteiger partial charge in [0.05, 0.1) is 19.6 Å². The fourth-order valence-electron chi connectivity index (χ4n) is 1.66. The van der Waals surface area contributed by atoms with Crippen molar-refractivity contribution in [1.29, 1.82) is 0 Å². The van der Waals surface area contributed by atoms with Crippen LogP contribution in [-0.2, 0) is 14.3 Å². The van der Waals surface area contributed by atoms with Gasteiger partial charge in [-0.1, -0.05) is 12.1 Å². The first-order valence-corrected chi connectivity index (χ1v) is 5.92. The van der Waals surface area contributed by atoms with Crippen LogP contribution < -0.4 is 5.32 Å². The zero-order chi connectivity index (χ0) is 14.4. The van der Waals surface area contributed by atoms with E-state index < -0.39 is 0 Å². The Bertz CT molecular complexity index is 444. The molecule has 0 radical (unpaired) electrons. The highest BCUT2D eigenvalue weighted by Gasteiger charge is 2.17. The van der Waals surface area contributed by atoms with E-state index in [4.69, 9.17) is 4.52 Å². The Balaban J connectivity index is 2.37. The second-order valence-corrected chi connectivity index (χ2v) is 4.49. The fourth-order valence-corrected chi connectivity index (χ4v) is 1.66. The number of nitrogens with zero attached hydrogens (tertiary/aromatic N) is 2. The first-order valence-electron chi connectivity index (χ1n) is 5.92. The Kier molecular flexibility index (Phi) is 5.50. The predicted molar refractivity (Wildman–Crippen MR) is 68.5 cm³/mol. The maximum Gasteiger partial charge on any atom is 0.309 e. The van der Waals surface area contributed by atoms with E-state index in [1.54, 1.807) is 31.9 Å². The third kappa shape index (κ3) is 5.09. The molecule has 106 valence electrons. The Morgan fingerprint density at radius 2 is 2.26 bits per heavy atom. The van der Waals surface area contributed by atoms with E-state index in [9.17, 15) is 9.59 Å². The predicted octanol–water partition coefficient (Wildman–Crippen LogP) is 0.662. The molecule has 7 nitrogen and oxygen atoms in total. The average molecular weight is 269 g/mol. The van der Waals surface area contributed by atoms with Crippen LogP contribution in [0.3, 0.4) is 0 Å². The number of hydrogen-bond donors (Lipinski definition) is 1. The van der Waals surface area contributed by atoms with E-state index in [2.05, 4.69) is 15.2 Å². The van der Waals surface area contributed by atoms with Gasteiger partial charge in [0.1, 0.15) is 5.76 Å². The highest BCUT2D eigenvalue weighted by molar-refractivity contribution is 5.91. The van der Waals surface area contributed by atoms with Crippen LogP contribution in [0.25, 0.3) is 0 Å². The van der Waals surface area contributed by atoms with Crippen molar-refractivity contribution < 1.29 is 18.8 Å². The van der Waals surface area contributed by atoms with Crippen LogP contribution in [0.4, 0.5) is 5.82 Å². The highest BCUT2D eigenvalue weighted by Crippen LogP contribution is 2.07. The van der Waals surface area contributed by atoms with Crippen LogP contribution in [0.2, 0.25) is 0 Å². The molecular formula is C12H19N3O4. The minimum atomic E-state index is -0.292. The maximum absolute atomic E-state index is 11.7. The van der Waals surface area contributed by atoms with Crippen LogP contribution in [0.5, 0.6) is 0 Å². The summed E-state index contributed by atoms with van der Waals surface area (Å²) in [5, 5.41) is 6.27. The molecule has 1 amide bonds. The molecule has 1 unspecified atom stereocenters. The molecule has 0 aromatic carbocycles. The monoisotopic (exact) mass is 269 g/mol. The van der Waals surface area contributed by atoms with Crippen molar-refractivity contribution in [2.24, 2.45) is 5.92 Å². The molecule has 1 aromatic rings. The Hall–Kier alpha value is -1.89. The molecule has 1 atom stereocenters. The van der Waals surface area contributed by atoms with Crippen LogP contribution in [0.15, 0.2) is 10.6 Å². The summed E-state index contributed by atoms with van der Waals surface area (Å²) >= 11 is 0. The van der Waals surface area contributed by atoms with E-state index in [0.717, 1.165) is 0 Å².